The SMILES string of the molecule is Cc1ccc2cc(-c3ccc(=S)[nH]n3)ccc2n1. The monoisotopic (exact) mass is 253 g/mol. The van der Waals surface area contributed by atoms with Gasteiger partial charge in [0.2, 0.25) is 0 Å². The van der Waals surface area contributed by atoms with Gasteiger partial charge in [0.1, 0.15) is 4.64 Å². The van der Waals surface area contributed by atoms with Crippen LogP contribution in [0.5, 0.6) is 0 Å². The number of aromatic amines is 1. The van der Waals surface area contributed by atoms with Gasteiger partial charge in [-0.15, -0.1) is 0 Å². The van der Waals surface area contributed by atoms with Crippen LogP contribution in [0.2, 0.25) is 0 Å². The van der Waals surface area contributed by atoms with Gasteiger partial charge in [-0.2, -0.15) is 5.10 Å². The molecule has 1 aromatic carbocycles. The Labute approximate surface area is 110 Å². The molecule has 88 valence electrons. The van der Waals surface area contributed by atoms with E-state index in [1.807, 2.05) is 37.3 Å². The lowest BCUT2D eigenvalue weighted by Gasteiger charge is -2.03. The molecular weight excluding hydrogens is 242 g/mol. The quantitative estimate of drug-likeness (QED) is 0.673. The summed E-state index contributed by atoms with van der Waals surface area (Å²) in [4.78, 5) is 4.48. The Balaban J connectivity index is 2.16. The molecule has 0 amide bonds. The molecule has 3 rings (SSSR count). The van der Waals surface area contributed by atoms with Crippen molar-refractivity contribution in [2.45, 2.75) is 6.92 Å². The molecule has 0 atom stereocenters. The minimum Gasteiger partial charge on any atom is -0.267 e. The number of pyridine rings is 1. The molecule has 0 aliphatic carbocycles. The van der Waals surface area contributed by atoms with E-state index in [1.54, 1.807) is 0 Å². The van der Waals surface area contributed by atoms with E-state index in [9.17, 15) is 0 Å². The molecule has 0 aliphatic heterocycles. The Bertz CT molecular complexity index is 757. The average molecular weight is 253 g/mol. The molecule has 0 aliphatic rings. The van der Waals surface area contributed by atoms with Crippen LogP contribution in [0.1, 0.15) is 5.69 Å². The number of fused-ring (bicyclic) bond motifs is 1. The van der Waals surface area contributed by atoms with E-state index in [4.69, 9.17) is 12.2 Å². The van der Waals surface area contributed by atoms with Gasteiger partial charge in [-0.1, -0.05) is 24.4 Å². The molecule has 2 heterocycles. The molecule has 2 aromatic heterocycles. The first-order valence-electron chi connectivity index (χ1n) is 5.66. The number of benzene rings is 1. The van der Waals surface area contributed by atoms with E-state index < -0.39 is 0 Å². The van der Waals surface area contributed by atoms with Gasteiger partial charge in [0.15, 0.2) is 0 Å². The molecule has 0 spiro atoms. The third-order valence-electron chi connectivity index (χ3n) is 2.80. The summed E-state index contributed by atoms with van der Waals surface area (Å²) in [6.07, 6.45) is 0. The predicted octanol–water partition coefficient (Wildman–Crippen LogP) is 3.66. The molecule has 0 radical (unpaired) electrons. The topological polar surface area (TPSA) is 41.6 Å². The van der Waals surface area contributed by atoms with Crippen molar-refractivity contribution < 1.29 is 0 Å². The molecule has 0 unspecified atom stereocenters. The number of hydrogen-bond donors (Lipinski definition) is 1. The van der Waals surface area contributed by atoms with Crippen LogP contribution in [0.3, 0.4) is 0 Å². The highest BCUT2D eigenvalue weighted by Gasteiger charge is 2.01. The number of H-pyrrole nitrogens is 1. The normalized spacial score (nSPS) is 10.7. The second-order valence-corrected chi connectivity index (χ2v) is 4.61. The molecule has 0 saturated carbocycles. The lowest BCUT2D eigenvalue weighted by molar-refractivity contribution is 1.02. The van der Waals surface area contributed by atoms with Gasteiger partial charge in [0, 0.05) is 16.6 Å². The number of rotatable bonds is 1. The number of nitrogens with zero attached hydrogens (tertiary/aromatic N) is 2. The molecule has 3 nitrogen and oxygen atoms in total. The van der Waals surface area contributed by atoms with E-state index in [2.05, 4.69) is 27.3 Å². The fourth-order valence-corrected chi connectivity index (χ4v) is 2.01. The van der Waals surface area contributed by atoms with Crippen LogP contribution >= 0.6 is 12.2 Å². The third-order valence-corrected chi connectivity index (χ3v) is 3.03. The van der Waals surface area contributed by atoms with E-state index in [1.165, 1.54) is 0 Å². The van der Waals surface area contributed by atoms with Crippen molar-refractivity contribution in [1.82, 2.24) is 15.2 Å². The Morgan fingerprint density at radius 3 is 2.72 bits per heavy atom. The standard InChI is InChI=1S/C14H11N3S/c1-9-2-3-10-8-11(4-5-12(10)15-9)13-6-7-14(18)17-16-13/h2-8H,1H3,(H,17,18). The predicted molar refractivity (Wildman–Crippen MR) is 74.9 cm³/mol. The van der Waals surface area contributed by atoms with Gasteiger partial charge in [0.25, 0.3) is 0 Å². The van der Waals surface area contributed by atoms with E-state index in [0.717, 1.165) is 27.9 Å². The summed E-state index contributed by atoms with van der Waals surface area (Å²) in [6.45, 7) is 1.99. The molecule has 0 bridgehead atoms. The Hall–Kier alpha value is -2.07. The second kappa shape index (κ2) is 4.31. The highest BCUT2D eigenvalue weighted by molar-refractivity contribution is 7.71. The maximum absolute atomic E-state index is 4.98. The van der Waals surface area contributed by atoms with E-state index in [-0.39, 0.29) is 0 Å². The first-order chi connectivity index (χ1) is 8.72. The summed E-state index contributed by atoms with van der Waals surface area (Å²) in [5.41, 5.74) is 3.96. The van der Waals surface area contributed by atoms with E-state index in [0.29, 0.717) is 4.64 Å². The highest BCUT2D eigenvalue weighted by atomic mass is 32.1. The van der Waals surface area contributed by atoms with Crippen LogP contribution in [0.15, 0.2) is 42.5 Å². The van der Waals surface area contributed by atoms with Gasteiger partial charge in [0.05, 0.1) is 11.2 Å². The van der Waals surface area contributed by atoms with Crippen LogP contribution in [0.4, 0.5) is 0 Å². The van der Waals surface area contributed by atoms with Crippen molar-refractivity contribution in [3.05, 3.63) is 52.8 Å². The fraction of sp³-hybridized carbons (Fsp3) is 0.0714. The lowest BCUT2D eigenvalue weighted by Crippen LogP contribution is -1.88. The zero-order chi connectivity index (χ0) is 12.5. The Morgan fingerprint density at radius 2 is 1.94 bits per heavy atom. The summed E-state index contributed by atoms with van der Waals surface area (Å²) in [5, 5.41) is 8.14. The van der Waals surface area contributed by atoms with Crippen molar-refractivity contribution in [1.29, 1.82) is 0 Å². The van der Waals surface area contributed by atoms with Gasteiger partial charge < -0.3 is 0 Å². The Kier molecular flexibility index (Phi) is 2.64. The minimum absolute atomic E-state index is 0.636. The third kappa shape index (κ3) is 2.02. The summed E-state index contributed by atoms with van der Waals surface area (Å²) >= 11 is 4.98. The summed E-state index contributed by atoms with van der Waals surface area (Å²) in [6, 6.07) is 14.0. The maximum atomic E-state index is 4.98. The Morgan fingerprint density at radius 1 is 1.06 bits per heavy atom. The fourth-order valence-electron chi connectivity index (χ4n) is 1.89. The molecule has 0 fully saturated rings. The summed E-state index contributed by atoms with van der Waals surface area (Å²) in [5.74, 6) is 0. The highest BCUT2D eigenvalue weighted by Crippen LogP contribution is 2.21. The molecule has 1 N–H and O–H groups in total. The van der Waals surface area contributed by atoms with Crippen molar-refractivity contribution in [2.75, 3.05) is 0 Å². The number of nitrogens with one attached hydrogen (secondary N) is 1. The zero-order valence-corrected chi connectivity index (χ0v) is 10.7. The summed E-state index contributed by atoms with van der Waals surface area (Å²) in [7, 11) is 0. The first-order valence-corrected chi connectivity index (χ1v) is 6.07. The van der Waals surface area contributed by atoms with Gasteiger partial charge in [-0.05, 0) is 37.3 Å². The van der Waals surface area contributed by atoms with Crippen LogP contribution in [0.25, 0.3) is 22.2 Å². The first kappa shape index (κ1) is 11.0. The van der Waals surface area contributed by atoms with Crippen LogP contribution in [0, 0.1) is 11.6 Å². The van der Waals surface area contributed by atoms with Crippen LogP contribution in [-0.4, -0.2) is 15.2 Å². The van der Waals surface area contributed by atoms with Crippen molar-refractivity contribution >= 4 is 23.1 Å². The molecule has 0 saturated heterocycles. The number of hydrogen-bond acceptors (Lipinski definition) is 3. The largest absolute Gasteiger partial charge is 0.267 e. The van der Waals surface area contributed by atoms with Crippen LogP contribution in [-0.2, 0) is 0 Å². The molecule has 18 heavy (non-hydrogen) atoms. The molecule has 4 heteroatoms. The van der Waals surface area contributed by atoms with Crippen molar-refractivity contribution in [3.8, 4) is 11.3 Å². The van der Waals surface area contributed by atoms with Crippen molar-refractivity contribution in [2.24, 2.45) is 0 Å². The van der Waals surface area contributed by atoms with Crippen LogP contribution < -0.4 is 0 Å². The number of aromatic nitrogens is 3. The van der Waals surface area contributed by atoms with E-state index >= 15 is 0 Å². The average Bonchev–Trinajstić information content (AvgIpc) is 2.39. The van der Waals surface area contributed by atoms with Gasteiger partial charge in [-0.3, -0.25) is 10.1 Å². The minimum atomic E-state index is 0.636. The maximum Gasteiger partial charge on any atom is 0.119 e. The smallest absolute Gasteiger partial charge is 0.119 e. The zero-order valence-electron chi connectivity index (χ0n) is 9.84. The molecular formula is C14H11N3S. The number of aryl methyl sites for hydroxylation is 1. The lowest BCUT2D eigenvalue weighted by atomic mass is 10.1. The molecule has 3 aromatic rings. The van der Waals surface area contributed by atoms with Gasteiger partial charge in [-0.25, -0.2) is 0 Å². The second-order valence-electron chi connectivity index (χ2n) is 4.17. The van der Waals surface area contributed by atoms with Crippen molar-refractivity contribution in [3.63, 3.8) is 0 Å². The van der Waals surface area contributed by atoms with Gasteiger partial charge >= 0.3 is 0 Å². The summed E-state index contributed by atoms with van der Waals surface area (Å²) < 4.78 is 0.636.